The molecule has 166 valence electrons. The molecule has 0 atom stereocenters. The first-order valence-electron chi connectivity index (χ1n) is 9.65. The van der Waals surface area contributed by atoms with E-state index in [9.17, 15) is 8.42 Å². The normalized spacial score (nSPS) is 11.7. The molecule has 0 unspecified atom stereocenters. The van der Waals surface area contributed by atoms with E-state index in [0.717, 1.165) is 22.4 Å². The minimum atomic E-state index is -3.21. The van der Waals surface area contributed by atoms with Gasteiger partial charge in [-0.2, -0.15) is 0 Å². The van der Waals surface area contributed by atoms with Crippen molar-refractivity contribution in [3.63, 3.8) is 0 Å². The monoisotopic (exact) mass is 545 g/mol. The number of halogens is 1. The fraction of sp³-hybridized carbons (Fsp3) is 0.409. The van der Waals surface area contributed by atoms with Gasteiger partial charge < -0.3 is 15.4 Å². The van der Waals surface area contributed by atoms with Crippen LogP contribution in [0.1, 0.15) is 30.5 Å². The minimum absolute atomic E-state index is 0. The van der Waals surface area contributed by atoms with Crippen molar-refractivity contribution >= 4 is 39.8 Å². The minimum Gasteiger partial charge on any atom is -0.493 e. The fourth-order valence-corrected chi connectivity index (χ4v) is 3.83. The van der Waals surface area contributed by atoms with Crippen LogP contribution in [0.25, 0.3) is 0 Å². The van der Waals surface area contributed by atoms with Crippen LogP contribution in [0, 0.1) is 12.8 Å². The van der Waals surface area contributed by atoms with Crippen molar-refractivity contribution in [1.82, 2.24) is 10.6 Å². The van der Waals surface area contributed by atoms with Crippen molar-refractivity contribution < 1.29 is 13.2 Å². The number of sulfone groups is 1. The number of para-hydroxylation sites is 1. The Morgan fingerprint density at radius 3 is 2.37 bits per heavy atom. The van der Waals surface area contributed by atoms with E-state index in [2.05, 4.69) is 29.5 Å². The first-order valence-corrected chi connectivity index (χ1v) is 11.5. The zero-order chi connectivity index (χ0) is 21.4. The van der Waals surface area contributed by atoms with Crippen LogP contribution < -0.4 is 15.4 Å². The van der Waals surface area contributed by atoms with Crippen LogP contribution in [0.4, 0.5) is 0 Å². The first-order chi connectivity index (χ1) is 13.7. The Balaban J connectivity index is 0.00000450. The van der Waals surface area contributed by atoms with E-state index < -0.39 is 9.84 Å². The number of nitrogens with zero attached hydrogens (tertiary/aromatic N) is 1. The van der Waals surface area contributed by atoms with E-state index in [1.54, 1.807) is 20.0 Å². The standard InChI is InChI=1S/C22H31N3O3S.HI/c1-16(2)15-28-20-9-7-6-8-19(20)14-25-22(23-4)24-13-18-10-11-21(17(3)12-18)29(5,26)27;/h6-12,16H,13-15H2,1-5H3,(H2,23,24,25);1H. The molecule has 0 saturated heterocycles. The van der Waals surface area contributed by atoms with Crippen molar-refractivity contribution in [2.45, 2.75) is 38.8 Å². The first kappa shape index (κ1) is 26.2. The topological polar surface area (TPSA) is 79.8 Å². The molecule has 30 heavy (non-hydrogen) atoms. The third kappa shape index (κ3) is 8.14. The van der Waals surface area contributed by atoms with E-state index >= 15 is 0 Å². The Kier molecular flexibility index (Phi) is 10.6. The summed E-state index contributed by atoms with van der Waals surface area (Å²) in [6.45, 7) is 7.84. The Morgan fingerprint density at radius 2 is 1.77 bits per heavy atom. The van der Waals surface area contributed by atoms with Gasteiger partial charge in [0.2, 0.25) is 0 Å². The number of hydrogen-bond donors (Lipinski definition) is 2. The van der Waals surface area contributed by atoms with Gasteiger partial charge in [-0.15, -0.1) is 24.0 Å². The molecule has 0 amide bonds. The van der Waals surface area contributed by atoms with Crippen LogP contribution in [0.15, 0.2) is 52.4 Å². The van der Waals surface area contributed by atoms with E-state index in [1.165, 1.54) is 6.26 Å². The van der Waals surface area contributed by atoms with E-state index in [4.69, 9.17) is 4.74 Å². The molecule has 0 aromatic heterocycles. The average molecular weight is 545 g/mol. The number of nitrogens with one attached hydrogen (secondary N) is 2. The van der Waals surface area contributed by atoms with Gasteiger partial charge in [-0.05, 0) is 36.1 Å². The van der Waals surface area contributed by atoms with Crippen molar-refractivity contribution in [3.8, 4) is 5.75 Å². The third-order valence-corrected chi connectivity index (χ3v) is 5.57. The molecule has 0 fully saturated rings. The predicted octanol–water partition coefficient (Wildman–Crippen LogP) is 3.92. The summed E-state index contributed by atoms with van der Waals surface area (Å²) in [5.74, 6) is 1.99. The molecule has 2 N–H and O–H groups in total. The van der Waals surface area contributed by atoms with Gasteiger partial charge >= 0.3 is 0 Å². The molecule has 0 heterocycles. The molecule has 0 radical (unpaired) electrons. The maximum Gasteiger partial charge on any atom is 0.191 e. The summed E-state index contributed by atoms with van der Waals surface area (Å²) in [6.07, 6.45) is 1.22. The molecule has 0 saturated carbocycles. The highest BCUT2D eigenvalue weighted by Gasteiger charge is 2.11. The highest BCUT2D eigenvalue weighted by molar-refractivity contribution is 14.0. The fourth-order valence-electron chi connectivity index (χ4n) is 2.87. The molecule has 2 aromatic rings. The smallest absolute Gasteiger partial charge is 0.191 e. The summed E-state index contributed by atoms with van der Waals surface area (Å²) < 4.78 is 29.4. The zero-order valence-corrected chi connectivity index (χ0v) is 21.4. The lowest BCUT2D eigenvalue weighted by molar-refractivity contribution is 0.268. The van der Waals surface area contributed by atoms with Crippen molar-refractivity contribution in [1.29, 1.82) is 0 Å². The number of ether oxygens (including phenoxy) is 1. The molecule has 2 aromatic carbocycles. The van der Waals surface area contributed by atoms with Gasteiger partial charge in [0.1, 0.15) is 5.75 Å². The number of aryl methyl sites for hydroxylation is 1. The molecular weight excluding hydrogens is 513 g/mol. The number of rotatable bonds is 8. The molecule has 0 aliphatic heterocycles. The molecule has 0 bridgehead atoms. The largest absolute Gasteiger partial charge is 0.493 e. The number of guanidine groups is 1. The molecular formula is C22H32IN3O3S. The summed E-state index contributed by atoms with van der Waals surface area (Å²) >= 11 is 0. The van der Waals surface area contributed by atoms with Crippen molar-refractivity contribution in [3.05, 3.63) is 59.2 Å². The lowest BCUT2D eigenvalue weighted by atomic mass is 10.1. The lowest BCUT2D eigenvalue weighted by Gasteiger charge is -2.16. The van der Waals surface area contributed by atoms with Crippen LogP contribution in [-0.2, 0) is 22.9 Å². The van der Waals surface area contributed by atoms with E-state index in [1.807, 2.05) is 36.4 Å². The highest BCUT2D eigenvalue weighted by atomic mass is 127. The third-order valence-electron chi connectivity index (χ3n) is 4.31. The van der Waals surface area contributed by atoms with Crippen LogP contribution in [0.3, 0.4) is 0 Å². The molecule has 6 nitrogen and oxygen atoms in total. The maximum atomic E-state index is 11.8. The van der Waals surface area contributed by atoms with Crippen LogP contribution >= 0.6 is 24.0 Å². The van der Waals surface area contributed by atoms with Crippen LogP contribution in [0.5, 0.6) is 5.75 Å². The summed E-state index contributed by atoms with van der Waals surface area (Å²) in [6, 6.07) is 13.3. The lowest BCUT2D eigenvalue weighted by Crippen LogP contribution is -2.36. The molecule has 2 rings (SSSR count). The number of hydrogen-bond acceptors (Lipinski definition) is 4. The Labute approximate surface area is 197 Å². The van der Waals surface area contributed by atoms with Gasteiger partial charge in [-0.1, -0.05) is 44.2 Å². The Hall–Kier alpha value is -1.81. The number of benzene rings is 2. The molecule has 0 aliphatic rings. The van der Waals surface area contributed by atoms with E-state index in [0.29, 0.717) is 36.5 Å². The van der Waals surface area contributed by atoms with Gasteiger partial charge in [-0.3, -0.25) is 4.99 Å². The zero-order valence-electron chi connectivity index (χ0n) is 18.2. The average Bonchev–Trinajstić information content (AvgIpc) is 2.66. The summed E-state index contributed by atoms with van der Waals surface area (Å²) in [5, 5.41) is 6.56. The number of aliphatic imine (C=N–C) groups is 1. The van der Waals surface area contributed by atoms with Gasteiger partial charge in [0.05, 0.1) is 11.5 Å². The maximum absolute atomic E-state index is 11.8. The van der Waals surface area contributed by atoms with E-state index in [-0.39, 0.29) is 24.0 Å². The van der Waals surface area contributed by atoms with Crippen LogP contribution in [0.2, 0.25) is 0 Å². The summed E-state index contributed by atoms with van der Waals surface area (Å²) in [4.78, 5) is 4.62. The molecule has 0 aliphatic carbocycles. The van der Waals surface area contributed by atoms with Crippen molar-refractivity contribution in [2.24, 2.45) is 10.9 Å². The van der Waals surface area contributed by atoms with Gasteiger partial charge in [0.25, 0.3) is 0 Å². The highest BCUT2D eigenvalue weighted by Crippen LogP contribution is 2.19. The Morgan fingerprint density at radius 1 is 1.10 bits per heavy atom. The van der Waals surface area contributed by atoms with Gasteiger partial charge in [0, 0.05) is 32.0 Å². The second-order valence-electron chi connectivity index (χ2n) is 7.46. The second-order valence-corrected chi connectivity index (χ2v) is 9.45. The quantitative estimate of drug-likeness (QED) is 0.299. The SMILES string of the molecule is CN=C(NCc1ccc(S(C)(=O)=O)c(C)c1)NCc1ccccc1OCC(C)C.I. The summed E-state index contributed by atoms with van der Waals surface area (Å²) in [5.41, 5.74) is 2.79. The van der Waals surface area contributed by atoms with Gasteiger partial charge in [0.15, 0.2) is 15.8 Å². The Bertz CT molecular complexity index is 960. The van der Waals surface area contributed by atoms with Crippen LogP contribution in [-0.4, -0.2) is 34.3 Å². The second kappa shape index (κ2) is 12.1. The van der Waals surface area contributed by atoms with Gasteiger partial charge in [-0.25, -0.2) is 8.42 Å². The predicted molar refractivity (Wildman–Crippen MR) is 134 cm³/mol. The summed E-state index contributed by atoms with van der Waals surface area (Å²) in [7, 11) is -1.49. The molecule has 0 spiro atoms. The van der Waals surface area contributed by atoms with Crippen molar-refractivity contribution in [2.75, 3.05) is 19.9 Å². The molecule has 8 heteroatoms.